The molecule has 5 nitrogen and oxygen atoms in total. The van der Waals surface area contributed by atoms with Crippen LogP contribution in [0.1, 0.15) is 45.0 Å². The predicted molar refractivity (Wildman–Crippen MR) is 124 cm³/mol. The van der Waals surface area contributed by atoms with Crippen LogP contribution in [0.2, 0.25) is 0 Å². The highest BCUT2D eigenvalue weighted by molar-refractivity contribution is 7.13. The molecule has 1 heterocycles. The third-order valence-corrected chi connectivity index (χ3v) is 5.72. The van der Waals surface area contributed by atoms with E-state index in [2.05, 4.69) is 31.5 Å². The molecule has 1 unspecified atom stereocenters. The highest BCUT2D eigenvalue weighted by atomic mass is 32.1. The molecule has 0 spiro atoms. The number of hydrogen-bond donors (Lipinski definition) is 1. The van der Waals surface area contributed by atoms with Crippen LogP contribution in [0.3, 0.4) is 0 Å². The van der Waals surface area contributed by atoms with E-state index in [0.717, 1.165) is 27.8 Å². The molecule has 1 amide bonds. The van der Waals surface area contributed by atoms with Crippen molar-refractivity contribution < 1.29 is 9.53 Å². The molecule has 3 rings (SSSR count). The number of nitrogens with one attached hydrogen (secondary N) is 1. The number of aromatic nitrogens is 1. The van der Waals surface area contributed by atoms with Gasteiger partial charge in [-0.1, -0.05) is 51.1 Å². The summed E-state index contributed by atoms with van der Waals surface area (Å²) in [5.74, 6) is 0.713. The monoisotopic (exact) mass is 423 g/mol. The van der Waals surface area contributed by atoms with Crippen molar-refractivity contribution in [3.63, 3.8) is 0 Å². The van der Waals surface area contributed by atoms with Crippen molar-refractivity contribution in [3.8, 4) is 5.75 Å². The predicted octanol–water partition coefficient (Wildman–Crippen LogP) is 5.46. The van der Waals surface area contributed by atoms with Crippen molar-refractivity contribution in [2.75, 3.05) is 18.6 Å². The maximum absolute atomic E-state index is 12.9. The Hall–Kier alpha value is -2.86. The Labute approximate surface area is 182 Å². The number of ether oxygens (including phenoxy) is 1. The fourth-order valence-electron chi connectivity index (χ4n) is 3.02. The Kier molecular flexibility index (Phi) is 6.77. The third kappa shape index (κ3) is 5.39. The fourth-order valence-corrected chi connectivity index (χ4v) is 4.09. The number of rotatable bonds is 7. The summed E-state index contributed by atoms with van der Waals surface area (Å²) >= 11 is 1.55. The molecule has 1 aromatic heterocycles. The normalized spacial score (nSPS) is 12.3. The summed E-state index contributed by atoms with van der Waals surface area (Å²) in [5.41, 5.74) is 2.93. The molecule has 0 bridgehead atoms. The van der Waals surface area contributed by atoms with Gasteiger partial charge in [0, 0.05) is 16.5 Å². The van der Waals surface area contributed by atoms with Gasteiger partial charge >= 0.3 is 0 Å². The molecule has 158 valence electrons. The number of amides is 1. The average Bonchev–Trinajstić information content (AvgIpc) is 3.23. The van der Waals surface area contributed by atoms with Crippen LogP contribution in [-0.2, 0) is 10.2 Å². The maximum Gasteiger partial charge on any atom is 0.240 e. The number of methoxy groups -OCH3 is 1. The Morgan fingerprint density at radius 3 is 2.37 bits per heavy atom. The molecule has 2 aromatic carbocycles. The molecule has 30 heavy (non-hydrogen) atoms. The van der Waals surface area contributed by atoms with Gasteiger partial charge in [0.1, 0.15) is 12.3 Å². The minimum Gasteiger partial charge on any atom is -0.497 e. The van der Waals surface area contributed by atoms with E-state index in [0.29, 0.717) is 0 Å². The fraction of sp³-hybridized carbons (Fsp3) is 0.333. The lowest BCUT2D eigenvalue weighted by Gasteiger charge is -2.23. The Balaban J connectivity index is 1.83. The molecular formula is C24H29N3O2S. The van der Waals surface area contributed by atoms with Gasteiger partial charge in [-0.05, 0) is 36.8 Å². The van der Waals surface area contributed by atoms with E-state index >= 15 is 0 Å². The van der Waals surface area contributed by atoms with Crippen molar-refractivity contribution in [2.45, 2.75) is 39.2 Å². The van der Waals surface area contributed by atoms with Gasteiger partial charge < -0.3 is 15.0 Å². The number of carbonyl (C=O) groups excluding carboxylic acids is 1. The summed E-state index contributed by atoms with van der Waals surface area (Å²) in [6.45, 7) is 8.58. The quantitative estimate of drug-likeness (QED) is 0.548. The highest BCUT2D eigenvalue weighted by Gasteiger charge is 2.22. The van der Waals surface area contributed by atoms with Crippen LogP contribution in [0.5, 0.6) is 5.75 Å². The highest BCUT2D eigenvalue weighted by Crippen LogP contribution is 2.33. The van der Waals surface area contributed by atoms with Crippen LogP contribution in [0.15, 0.2) is 60.0 Å². The first-order chi connectivity index (χ1) is 14.3. The zero-order valence-corrected chi connectivity index (χ0v) is 19.0. The molecule has 0 aliphatic heterocycles. The number of nitrogens with zero attached hydrogens (tertiary/aromatic N) is 2. The molecule has 0 aliphatic rings. The SMILES string of the molecule is COc1ccc(N(CC(=O)NC(C)c2ccccc2)c2nc(C(C)(C)C)cs2)cc1. The van der Waals surface area contributed by atoms with Gasteiger partial charge in [-0.25, -0.2) is 4.98 Å². The number of anilines is 2. The van der Waals surface area contributed by atoms with E-state index in [4.69, 9.17) is 9.72 Å². The lowest BCUT2D eigenvalue weighted by molar-refractivity contribution is -0.120. The van der Waals surface area contributed by atoms with E-state index in [1.54, 1.807) is 18.4 Å². The first-order valence-electron chi connectivity index (χ1n) is 10.00. The molecule has 0 radical (unpaired) electrons. The summed E-state index contributed by atoms with van der Waals surface area (Å²) in [6.07, 6.45) is 0. The molecule has 0 saturated carbocycles. The zero-order valence-electron chi connectivity index (χ0n) is 18.2. The summed E-state index contributed by atoms with van der Waals surface area (Å²) < 4.78 is 5.28. The number of benzene rings is 2. The maximum atomic E-state index is 12.9. The van der Waals surface area contributed by atoms with Gasteiger partial charge in [0.25, 0.3) is 0 Å². The molecule has 0 fully saturated rings. The average molecular weight is 424 g/mol. The second-order valence-electron chi connectivity index (χ2n) is 8.25. The summed E-state index contributed by atoms with van der Waals surface area (Å²) in [4.78, 5) is 19.7. The van der Waals surface area contributed by atoms with Crippen molar-refractivity contribution in [2.24, 2.45) is 0 Å². The van der Waals surface area contributed by atoms with Crippen molar-refractivity contribution in [3.05, 3.63) is 71.2 Å². The number of carbonyl (C=O) groups is 1. The van der Waals surface area contributed by atoms with Gasteiger partial charge in [-0.15, -0.1) is 11.3 Å². The lowest BCUT2D eigenvalue weighted by atomic mass is 9.93. The van der Waals surface area contributed by atoms with Crippen LogP contribution in [0.25, 0.3) is 0 Å². The van der Waals surface area contributed by atoms with Gasteiger partial charge in [-0.3, -0.25) is 4.79 Å². The Morgan fingerprint density at radius 1 is 1.13 bits per heavy atom. The van der Waals surface area contributed by atoms with Gasteiger partial charge in [-0.2, -0.15) is 0 Å². The van der Waals surface area contributed by atoms with E-state index in [1.807, 2.05) is 66.4 Å². The zero-order chi connectivity index (χ0) is 21.7. The van der Waals surface area contributed by atoms with Gasteiger partial charge in [0.15, 0.2) is 5.13 Å². The van der Waals surface area contributed by atoms with E-state index in [1.165, 1.54) is 0 Å². The van der Waals surface area contributed by atoms with Crippen LogP contribution in [0.4, 0.5) is 10.8 Å². The summed E-state index contributed by atoms with van der Waals surface area (Å²) in [7, 11) is 1.64. The van der Waals surface area contributed by atoms with E-state index in [9.17, 15) is 4.79 Å². The Bertz CT molecular complexity index is 962. The van der Waals surface area contributed by atoms with Gasteiger partial charge in [0.2, 0.25) is 5.91 Å². The van der Waals surface area contributed by atoms with E-state index in [-0.39, 0.29) is 23.9 Å². The van der Waals surface area contributed by atoms with Crippen molar-refractivity contribution in [1.82, 2.24) is 10.3 Å². The number of hydrogen-bond acceptors (Lipinski definition) is 5. The standard InChI is InChI=1S/C24H29N3O2S/c1-17(18-9-7-6-8-10-18)25-22(28)15-27(19-11-13-20(29-5)14-12-19)23-26-21(16-30-23)24(2,3)4/h6-14,16-17H,15H2,1-5H3,(H,25,28). The smallest absolute Gasteiger partial charge is 0.240 e. The molecule has 0 saturated heterocycles. The molecule has 3 aromatic rings. The third-order valence-electron chi connectivity index (χ3n) is 4.85. The second kappa shape index (κ2) is 9.30. The molecule has 0 aliphatic carbocycles. The summed E-state index contributed by atoms with van der Waals surface area (Å²) in [6, 6.07) is 17.6. The molecule has 6 heteroatoms. The molecular weight excluding hydrogens is 394 g/mol. The van der Waals surface area contributed by atoms with Crippen LogP contribution >= 0.6 is 11.3 Å². The van der Waals surface area contributed by atoms with Gasteiger partial charge in [0.05, 0.1) is 18.8 Å². The minimum atomic E-state index is -0.0714. The van der Waals surface area contributed by atoms with Crippen LogP contribution in [-0.4, -0.2) is 24.5 Å². The number of thiazole rings is 1. The second-order valence-corrected chi connectivity index (χ2v) is 9.09. The molecule has 1 N–H and O–H groups in total. The van der Waals surface area contributed by atoms with Crippen LogP contribution in [0, 0.1) is 0 Å². The van der Waals surface area contributed by atoms with E-state index < -0.39 is 0 Å². The molecule has 1 atom stereocenters. The van der Waals surface area contributed by atoms with Crippen LogP contribution < -0.4 is 15.0 Å². The largest absolute Gasteiger partial charge is 0.497 e. The first kappa shape index (κ1) is 21.8. The Morgan fingerprint density at radius 2 is 1.80 bits per heavy atom. The first-order valence-corrected chi connectivity index (χ1v) is 10.9. The minimum absolute atomic E-state index is 0.0512. The lowest BCUT2D eigenvalue weighted by Crippen LogP contribution is -2.36. The van der Waals surface area contributed by atoms with Crippen molar-refractivity contribution >= 4 is 28.1 Å². The van der Waals surface area contributed by atoms with Crippen molar-refractivity contribution in [1.29, 1.82) is 0 Å². The summed E-state index contributed by atoms with van der Waals surface area (Å²) in [5, 5.41) is 5.96. The topological polar surface area (TPSA) is 54.5 Å².